The Morgan fingerprint density at radius 1 is 1.08 bits per heavy atom. The van der Waals surface area contributed by atoms with Crippen molar-refractivity contribution in [3.63, 3.8) is 0 Å². The van der Waals surface area contributed by atoms with Crippen LogP contribution in [0.3, 0.4) is 0 Å². The first-order valence-electron chi connectivity index (χ1n) is 9.09. The van der Waals surface area contributed by atoms with Crippen molar-refractivity contribution in [2.24, 2.45) is 5.73 Å². The van der Waals surface area contributed by atoms with Crippen molar-refractivity contribution in [1.29, 1.82) is 0 Å². The minimum absolute atomic E-state index is 0.149. The van der Waals surface area contributed by atoms with Gasteiger partial charge in [0.05, 0.1) is 6.04 Å². The summed E-state index contributed by atoms with van der Waals surface area (Å²) in [5.74, 6) is -0.121. The van der Waals surface area contributed by atoms with E-state index in [4.69, 9.17) is 5.73 Å². The van der Waals surface area contributed by atoms with Gasteiger partial charge in [0.2, 0.25) is 11.8 Å². The molecule has 138 valence electrons. The van der Waals surface area contributed by atoms with Gasteiger partial charge in [0.25, 0.3) is 0 Å². The van der Waals surface area contributed by atoms with Crippen molar-refractivity contribution in [3.8, 4) is 0 Å². The Morgan fingerprint density at radius 3 is 2.12 bits per heavy atom. The van der Waals surface area contributed by atoms with Crippen molar-refractivity contribution in [2.75, 3.05) is 26.2 Å². The fraction of sp³-hybridized carbons (Fsp3) is 0.600. The molecule has 2 rings (SSSR count). The van der Waals surface area contributed by atoms with Gasteiger partial charge in [0.15, 0.2) is 0 Å². The number of nitrogens with zero attached hydrogens (tertiary/aromatic N) is 2. The van der Waals surface area contributed by atoms with Crippen LogP contribution in [0.4, 0.5) is 0 Å². The molecular formula is C20H31N3O2. The zero-order valence-corrected chi connectivity index (χ0v) is 15.9. The first-order valence-corrected chi connectivity index (χ1v) is 9.09. The fourth-order valence-electron chi connectivity index (χ4n) is 3.12. The lowest BCUT2D eigenvalue weighted by Gasteiger charge is -2.37. The Balaban J connectivity index is 1.80. The lowest BCUT2D eigenvalue weighted by Crippen LogP contribution is -2.54. The molecule has 0 spiro atoms. The molecule has 2 N–H and O–H groups in total. The molecule has 1 aliphatic heterocycles. The van der Waals surface area contributed by atoms with Crippen LogP contribution >= 0.6 is 0 Å². The van der Waals surface area contributed by atoms with Crippen molar-refractivity contribution in [1.82, 2.24) is 9.80 Å². The monoisotopic (exact) mass is 345 g/mol. The molecule has 1 fully saturated rings. The molecule has 0 aliphatic carbocycles. The highest BCUT2D eigenvalue weighted by Gasteiger charge is 2.26. The topological polar surface area (TPSA) is 66.6 Å². The number of hydrogen-bond donors (Lipinski definition) is 1. The van der Waals surface area contributed by atoms with Gasteiger partial charge in [-0.2, -0.15) is 0 Å². The summed E-state index contributed by atoms with van der Waals surface area (Å²) in [6, 6.07) is 8.30. The number of amides is 2. The maximum atomic E-state index is 12.4. The van der Waals surface area contributed by atoms with Gasteiger partial charge in [-0.25, -0.2) is 0 Å². The van der Waals surface area contributed by atoms with E-state index in [0.29, 0.717) is 32.6 Å². The lowest BCUT2D eigenvalue weighted by atomic mass is 9.86. The van der Waals surface area contributed by atoms with Crippen molar-refractivity contribution < 1.29 is 9.59 Å². The molecule has 1 aliphatic rings. The van der Waals surface area contributed by atoms with E-state index in [1.807, 2.05) is 16.7 Å². The second-order valence-corrected chi connectivity index (χ2v) is 7.94. The van der Waals surface area contributed by atoms with Gasteiger partial charge in [-0.3, -0.25) is 14.5 Å². The highest BCUT2D eigenvalue weighted by Crippen LogP contribution is 2.22. The van der Waals surface area contributed by atoms with Crippen molar-refractivity contribution in [3.05, 3.63) is 35.4 Å². The molecule has 2 amide bonds. The molecule has 0 aromatic heterocycles. The molecule has 5 heteroatoms. The van der Waals surface area contributed by atoms with E-state index in [9.17, 15) is 9.59 Å². The number of primary amides is 1. The third-order valence-electron chi connectivity index (χ3n) is 5.07. The Morgan fingerprint density at radius 2 is 1.64 bits per heavy atom. The Hall–Kier alpha value is -1.88. The SMILES string of the molecule is CC(C(N)=O)N1CCN(C(=O)CCc2ccc(C(C)(C)C)cc2)CC1. The second kappa shape index (κ2) is 8.00. The van der Waals surface area contributed by atoms with Crippen molar-refractivity contribution >= 4 is 11.8 Å². The quantitative estimate of drug-likeness (QED) is 0.887. The predicted molar refractivity (Wildman–Crippen MR) is 100 cm³/mol. The molecule has 0 radical (unpaired) electrons. The molecule has 1 unspecified atom stereocenters. The van der Waals surface area contributed by atoms with Crippen LogP contribution in [0, 0.1) is 0 Å². The number of carbonyl (C=O) groups is 2. The standard InChI is InChI=1S/C20H31N3O2/c1-15(19(21)25)22-11-13-23(14-12-22)18(24)10-7-16-5-8-17(9-6-16)20(2,3)4/h5-6,8-9,15H,7,10-14H2,1-4H3,(H2,21,25). The Labute approximate surface area is 151 Å². The molecular weight excluding hydrogens is 314 g/mol. The fourth-order valence-corrected chi connectivity index (χ4v) is 3.12. The summed E-state index contributed by atoms with van der Waals surface area (Å²) in [6.07, 6.45) is 1.29. The summed E-state index contributed by atoms with van der Waals surface area (Å²) in [6.45, 7) is 11.2. The largest absolute Gasteiger partial charge is 0.368 e. The number of carbonyl (C=O) groups excluding carboxylic acids is 2. The van der Waals surface area contributed by atoms with E-state index in [2.05, 4.69) is 45.0 Å². The number of rotatable bonds is 5. The van der Waals surface area contributed by atoms with E-state index in [1.54, 1.807) is 0 Å². The smallest absolute Gasteiger partial charge is 0.234 e. The first kappa shape index (κ1) is 19.4. The average molecular weight is 345 g/mol. The van der Waals surface area contributed by atoms with Crippen LogP contribution in [0.1, 0.15) is 45.2 Å². The van der Waals surface area contributed by atoms with Gasteiger partial charge in [-0.05, 0) is 29.9 Å². The average Bonchev–Trinajstić information content (AvgIpc) is 2.58. The number of nitrogens with two attached hydrogens (primary N) is 1. The number of aryl methyl sites for hydroxylation is 1. The summed E-state index contributed by atoms with van der Waals surface area (Å²) in [5.41, 5.74) is 8.00. The van der Waals surface area contributed by atoms with Crippen LogP contribution in [-0.4, -0.2) is 53.8 Å². The molecule has 1 aromatic rings. The number of piperazine rings is 1. The van der Waals surface area contributed by atoms with E-state index in [0.717, 1.165) is 6.42 Å². The maximum Gasteiger partial charge on any atom is 0.234 e. The van der Waals surface area contributed by atoms with Crippen LogP contribution in [0.25, 0.3) is 0 Å². The second-order valence-electron chi connectivity index (χ2n) is 7.94. The molecule has 25 heavy (non-hydrogen) atoms. The minimum atomic E-state index is -0.307. The van der Waals surface area contributed by atoms with Crippen LogP contribution in [0.5, 0.6) is 0 Å². The molecule has 0 bridgehead atoms. The van der Waals surface area contributed by atoms with Crippen LogP contribution < -0.4 is 5.73 Å². The van der Waals surface area contributed by atoms with Crippen LogP contribution in [0.15, 0.2) is 24.3 Å². The summed E-state index contributed by atoms with van der Waals surface area (Å²) in [5, 5.41) is 0. The predicted octanol–water partition coefficient (Wildman–Crippen LogP) is 1.93. The summed E-state index contributed by atoms with van der Waals surface area (Å²) in [4.78, 5) is 27.6. The first-order chi connectivity index (χ1) is 11.7. The zero-order chi connectivity index (χ0) is 18.6. The number of hydrogen-bond acceptors (Lipinski definition) is 3. The minimum Gasteiger partial charge on any atom is -0.368 e. The van der Waals surface area contributed by atoms with Gasteiger partial charge in [0, 0.05) is 32.6 Å². The maximum absolute atomic E-state index is 12.4. The highest BCUT2D eigenvalue weighted by atomic mass is 16.2. The summed E-state index contributed by atoms with van der Waals surface area (Å²) < 4.78 is 0. The molecule has 1 saturated heterocycles. The molecule has 1 atom stereocenters. The number of benzene rings is 1. The Bertz CT molecular complexity index is 596. The third kappa shape index (κ3) is 5.30. The third-order valence-corrected chi connectivity index (χ3v) is 5.07. The molecule has 1 heterocycles. The van der Waals surface area contributed by atoms with E-state index in [-0.39, 0.29) is 23.3 Å². The van der Waals surface area contributed by atoms with Gasteiger partial charge in [0.1, 0.15) is 0 Å². The van der Waals surface area contributed by atoms with E-state index < -0.39 is 0 Å². The molecule has 0 saturated carbocycles. The Kier molecular flexibility index (Phi) is 6.22. The zero-order valence-electron chi connectivity index (χ0n) is 15.9. The van der Waals surface area contributed by atoms with Crippen LogP contribution in [-0.2, 0) is 21.4 Å². The summed E-state index contributed by atoms with van der Waals surface area (Å²) >= 11 is 0. The highest BCUT2D eigenvalue weighted by molar-refractivity contribution is 5.79. The summed E-state index contributed by atoms with van der Waals surface area (Å²) in [7, 11) is 0. The van der Waals surface area contributed by atoms with Crippen molar-refractivity contribution in [2.45, 2.75) is 52.0 Å². The molecule has 1 aromatic carbocycles. The van der Waals surface area contributed by atoms with Gasteiger partial charge in [-0.1, -0.05) is 45.0 Å². The normalized spacial score (nSPS) is 17.4. The molecule has 5 nitrogen and oxygen atoms in total. The lowest BCUT2D eigenvalue weighted by molar-refractivity contribution is -0.133. The van der Waals surface area contributed by atoms with Crippen LogP contribution in [0.2, 0.25) is 0 Å². The van der Waals surface area contributed by atoms with Gasteiger partial charge >= 0.3 is 0 Å². The van der Waals surface area contributed by atoms with Gasteiger partial charge < -0.3 is 10.6 Å². The van der Waals surface area contributed by atoms with Gasteiger partial charge in [-0.15, -0.1) is 0 Å². The van der Waals surface area contributed by atoms with E-state index >= 15 is 0 Å². The van der Waals surface area contributed by atoms with E-state index in [1.165, 1.54) is 11.1 Å².